The SMILES string of the molecule is CC(C)c1cccc(-c2cc(F)cc(CN)c2)c1. The molecule has 0 fully saturated rings. The summed E-state index contributed by atoms with van der Waals surface area (Å²) in [6.07, 6.45) is 0. The normalized spacial score (nSPS) is 10.9. The second-order valence-corrected chi connectivity index (χ2v) is 4.83. The number of nitrogens with two attached hydrogens (primary N) is 1. The average molecular weight is 243 g/mol. The van der Waals surface area contributed by atoms with E-state index >= 15 is 0 Å². The molecule has 0 aliphatic carbocycles. The van der Waals surface area contributed by atoms with Crippen LogP contribution in [0.15, 0.2) is 42.5 Å². The van der Waals surface area contributed by atoms with Crippen LogP contribution in [0.4, 0.5) is 4.39 Å². The molecule has 0 bridgehead atoms. The van der Waals surface area contributed by atoms with Gasteiger partial charge < -0.3 is 5.73 Å². The minimum atomic E-state index is -0.233. The van der Waals surface area contributed by atoms with Crippen LogP contribution in [-0.2, 0) is 6.54 Å². The first-order chi connectivity index (χ1) is 8.60. The molecule has 0 unspecified atom stereocenters. The van der Waals surface area contributed by atoms with Gasteiger partial charge in [-0.05, 0) is 46.4 Å². The molecule has 0 aromatic heterocycles. The van der Waals surface area contributed by atoms with Gasteiger partial charge >= 0.3 is 0 Å². The summed E-state index contributed by atoms with van der Waals surface area (Å²) in [6, 6.07) is 13.2. The average Bonchev–Trinajstić information content (AvgIpc) is 2.38. The summed E-state index contributed by atoms with van der Waals surface area (Å²) in [4.78, 5) is 0. The van der Waals surface area contributed by atoms with Crippen LogP contribution >= 0.6 is 0 Å². The number of benzene rings is 2. The molecule has 2 heteroatoms. The van der Waals surface area contributed by atoms with Crippen molar-refractivity contribution in [2.24, 2.45) is 5.73 Å². The lowest BCUT2D eigenvalue weighted by Gasteiger charge is -2.09. The molecule has 0 aliphatic rings. The molecule has 18 heavy (non-hydrogen) atoms. The van der Waals surface area contributed by atoms with Crippen LogP contribution < -0.4 is 5.73 Å². The van der Waals surface area contributed by atoms with Crippen LogP contribution in [-0.4, -0.2) is 0 Å². The van der Waals surface area contributed by atoms with Crippen LogP contribution in [0.25, 0.3) is 11.1 Å². The van der Waals surface area contributed by atoms with Crippen molar-refractivity contribution in [3.8, 4) is 11.1 Å². The van der Waals surface area contributed by atoms with Gasteiger partial charge in [-0.1, -0.05) is 38.1 Å². The zero-order valence-corrected chi connectivity index (χ0v) is 10.8. The summed E-state index contributed by atoms with van der Waals surface area (Å²) >= 11 is 0. The molecular formula is C16H18FN. The molecule has 0 aliphatic heterocycles. The highest BCUT2D eigenvalue weighted by Gasteiger charge is 2.05. The molecule has 2 aromatic carbocycles. The molecule has 0 spiro atoms. The van der Waals surface area contributed by atoms with E-state index in [1.807, 2.05) is 18.2 Å². The summed E-state index contributed by atoms with van der Waals surface area (Å²) < 4.78 is 13.5. The maximum atomic E-state index is 13.5. The van der Waals surface area contributed by atoms with Gasteiger partial charge in [0, 0.05) is 6.54 Å². The maximum absolute atomic E-state index is 13.5. The molecule has 2 aromatic rings. The monoisotopic (exact) mass is 243 g/mol. The Balaban J connectivity index is 2.47. The van der Waals surface area contributed by atoms with Gasteiger partial charge in [-0.2, -0.15) is 0 Å². The molecule has 0 radical (unpaired) electrons. The number of halogens is 1. The third-order valence-corrected chi connectivity index (χ3v) is 3.08. The number of hydrogen-bond acceptors (Lipinski definition) is 1. The van der Waals surface area contributed by atoms with Gasteiger partial charge in [-0.25, -0.2) is 4.39 Å². The van der Waals surface area contributed by atoms with E-state index in [1.165, 1.54) is 11.6 Å². The van der Waals surface area contributed by atoms with Crippen molar-refractivity contribution in [1.82, 2.24) is 0 Å². The number of hydrogen-bond donors (Lipinski definition) is 1. The molecule has 94 valence electrons. The fourth-order valence-corrected chi connectivity index (χ4v) is 2.01. The highest BCUT2D eigenvalue weighted by molar-refractivity contribution is 5.65. The van der Waals surface area contributed by atoms with Gasteiger partial charge in [0.15, 0.2) is 0 Å². The Morgan fingerprint density at radius 3 is 2.50 bits per heavy atom. The molecule has 0 heterocycles. The van der Waals surface area contributed by atoms with E-state index in [0.717, 1.165) is 16.7 Å². The third kappa shape index (κ3) is 2.77. The number of rotatable bonds is 3. The lowest BCUT2D eigenvalue weighted by atomic mass is 9.96. The lowest BCUT2D eigenvalue weighted by Crippen LogP contribution is -1.97. The van der Waals surface area contributed by atoms with Crippen LogP contribution in [0.2, 0.25) is 0 Å². The first kappa shape index (κ1) is 12.8. The summed E-state index contributed by atoms with van der Waals surface area (Å²) in [5, 5.41) is 0. The van der Waals surface area contributed by atoms with E-state index in [4.69, 9.17) is 5.73 Å². The van der Waals surface area contributed by atoms with E-state index in [9.17, 15) is 4.39 Å². The van der Waals surface area contributed by atoms with Crippen molar-refractivity contribution in [2.75, 3.05) is 0 Å². The second kappa shape index (κ2) is 5.32. The van der Waals surface area contributed by atoms with E-state index in [-0.39, 0.29) is 5.82 Å². The summed E-state index contributed by atoms with van der Waals surface area (Å²) in [6.45, 7) is 4.65. The van der Waals surface area contributed by atoms with Crippen molar-refractivity contribution < 1.29 is 4.39 Å². The van der Waals surface area contributed by atoms with Gasteiger partial charge in [0.1, 0.15) is 5.82 Å². The summed E-state index contributed by atoms with van der Waals surface area (Å²) in [5.41, 5.74) is 9.58. The van der Waals surface area contributed by atoms with Gasteiger partial charge in [0.05, 0.1) is 0 Å². The minimum absolute atomic E-state index is 0.233. The van der Waals surface area contributed by atoms with Crippen molar-refractivity contribution in [2.45, 2.75) is 26.3 Å². The standard InChI is InChI=1S/C16H18FN/c1-11(2)13-4-3-5-14(8-13)15-6-12(10-18)7-16(17)9-15/h3-9,11H,10,18H2,1-2H3. The summed E-state index contributed by atoms with van der Waals surface area (Å²) in [7, 11) is 0. The Labute approximate surface area is 107 Å². The van der Waals surface area contributed by atoms with Crippen LogP contribution in [0.5, 0.6) is 0 Å². The third-order valence-electron chi connectivity index (χ3n) is 3.08. The van der Waals surface area contributed by atoms with Crippen LogP contribution in [0, 0.1) is 5.82 Å². The fraction of sp³-hybridized carbons (Fsp3) is 0.250. The van der Waals surface area contributed by atoms with Gasteiger partial charge in [0.25, 0.3) is 0 Å². The molecule has 0 saturated carbocycles. The van der Waals surface area contributed by atoms with Gasteiger partial charge in [-0.3, -0.25) is 0 Å². The largest absolute Gasteiger partial charge is 0.326 e. The van der Waals surface area contributed by atoms with E-state index in [1.54, 1.807) is 6.07 Å². The quantitative estimate of drug-likeness (QED) is 0.863. The van der Waals surface area contributed by atoms with E-state index < -0.39 is 0 Å². The minimum Gasteiger partial charge on any atom is -0.326 e. The van der Waals surface area contributed by atoms with Crippen LogP contribution in [0.1, 0.15) is 30.9 Å². The highest BCUT2D eigenvalue weighted by Crippen LogP contribution is 2.25. The predicted octanol–water partition coefficient (Wildman–Crippen LogP) is 4.07. The highest BCUT2D eigenvalue weighted by atomic mass is 19.1. The molecule has 2 N–H and O–H groups in total. The lowest BCUT2D eigenvalue weighted by molar-refractivity contribution is 0.626. The summed E-state index contributed by atoms with van der Waals surface area (Å²) in [5.74, 6) is 0.232. The molecule has 1 nitrogen and oxygen atoms in total. The molecule has 0 saturated heterocycles. The first-order valence-electron chi connectivity index (χ1n) is 6.20. The van der Waals surface area contributed by atoms with Crippen molar-refractivity contribution in [3.05, 3.63) is 59.4 Å². The van der Waals surface area contributed by atoms with Crippen molar-refractivity contribution in [3.63, 3.8) is 0 Å². The Hall–Kier alpha value is -1.67. The second-order valence-electron chi connectivity index (χ2n) is 4.83. The Bertz CT molecular complexity index is 547. The molecule has 2 rings (SSSR count). The Kier molecular flexibility index (Phi) is 3.78. The molecule has 0 atom stereocenters. The Morgan fingerprint density at radius 2 is 1.83 bits per heavy atom. The topological polar surface area (TPSA) is 26.0 Å². The maximum Gasteiger partial charge on any atom is 0.124 e. The Morgan fingerprint density at radius 1 is 1.06 bits per heavy atom. The molecular weight excluding hydrogens is 225 g/mol. The van der Waals surface area contributed by atoms with Crippen molar-refractivity contribution >= 4 is 0 Å². The fourth-order valence-electron chi connectivity index (χ4n) is 2.01. The predicted molar refractivity (Wildman–Crippen MR) is 73.8 cm³/mol. The zero-order chi connectivity index (χ0) is 13.1. The van der Waals surface area contributed by atoms with Gasteiger partial charge in [0.2, 0.25) is 0 Å². The molecule has 0 amide bonds. The first-order valence-corrected chi connectivity index (χ1v) is 6.20. The van der Waals surface area contributed by atoms with Crippen LogP contribution in [0.3, 0.4) is 0 Å². The van der Waals surface area contributed by atoms with Gasteiger partial charge in [-0.15, -0.1) is 0 Å². The van der Waals surface area contributed by atoms with Crippen molar-refractivity contribution in [1.29, 1.82) is 0 Å². The smallest absolute Gasteiger partial charge is 0.124 e. The van der Waals surface area contributed by atoms with E-state index in [2.05, 4.69) is 26.0 Å². The zero-order valence-electron chi connectivity index (χ0n) is 10.8. The van der Waals surface area contributed by atoms with E-state index in [0.29, 0.717) is 12.5 Å².